The molecule has 0 radical (unpaired) electrons. The minimum atomic E-state index is -0.436. The lowest BCUT2D eigenvalue weighted by molar-refractivity contribution is 0.361. The average Bonchev–Trinajstić information content (AvgIpc) is 2.15. The highest BCUT2D eigenvalue weighted by atomic mass is 19.1. The summed E-state index contributed by atoms with van der Waals surface area (Å²) in [6.45, 7) is 4.85. The van der Waals surface area contributed by atoms with Crippen molar-refractivity contribution in [2.45, 2.75) is 26.8 Å². The fourth-order valence-electron chi connectivity index (χ4n) is 1.78. The Labute approximate surface area is 88.7 Å². The van der Waals surface area contributed by atoms with Gasteiger partial charge in [-0.2, -0.15) is 0 Å². The normalized spacial score (nSPS) is 12.7. The summed E-state index contributed by atoms with van der Waals surface area (Å²) in [4.78, 5) is 0. The molecule has 3 N–H and O–H groups in total. The fourth-order valence-corrected chi connectivity index (χ4v) is 1.78. The molecule has 0 aliphatic heterocycles. The highest BCUT2D eigenvalue weighted by Crippen LogP contribution is 2.40. The Balaban J connectivity index is 3.60. The number of phenolic OH excluding ortho intramolecular Hbond substituents is 1. The summed E-state index contributed by atoms with van der Waals surface area (Å²) in [5, 5.41) is 9.87. The first-order valence-electron chi connectivity index (χ1n) is 4.72. The number of halogens is 1. The van der Waals surface area contributed by atoms with E-state index in [9.17, 15) is 9.50 Å². The Bertz CT molecular complexity index is 389. The standard InChI is InChI=1S/C11H16FNO2/c1-5-8(7(3)13)10(14)11(15-4)6(2)9(5)12/h7,14H,13H2,1-4H3. The van der Waals surface area contributed by atoms with Crippen molar-refractivity contribution in [3.63, 3.8) is 0 Å². The molecule has 0 fully saturated rings. The molecule has 1 aromatic carbocycles. The number of aromatic hydroxyl groups is 1. The third-order valence-corrected chi connectivity index (χ3v) is 2.53. The van der Waals surface area contributed by atoms with Gasteiger partial charge in [-0.25, -0.2) is 4.39 Å². The highest BCUT2D eigenvalue weighted by molar-refractivity contribution is 5.55. The van der Waals surface area contributed by atoms with E-state index in [2.05, 4.69) is 0 Å². The Hall–Kier alpha value is -1.29. The number of ether oxygens (including phenoxy) is 1. The fraction of sp³-hybridized carbons (Fsp3) is 0.455. The van der Waals surface area contributed by atoms with Gasteiger partial charge in [0.15, 0.2) is 11.5 Å². The van der Waals surface area contributed by atoms with Crippen LogP contribution in [0.2, 0.25) is 0 Å². The molecule has 0 bridgehead atoms. The van der Waals surface area contributed by atoms with E-state index in [0.717, 1.165) is 0 Å². The number of methoxy groups -OCH3 is 1. The third kappa shape index (κ3) is 1.77. The summed E-state index contributed by atoms with van der Waals surface area (Å²) in [5.74, 6) is -0.286. The van der Waals surface area contributed by atoms with E-state index in [1.165, 1.54) is 7.11 Å². The van der Waals surface area contributed by atoms with Crippen molar-refractivity contribution in [3.8, 4) is 11.5 Å². The lowest BCUT2D eigenvalue weighted by Gasteiger charge is -2.18. The van der Waals surface area contributed by atoms with Gasteiger partial charge in [-0.3, -0.25) is 0 Å². The van der Waals surface area contributed by atoms with Crippen LogP contribution in [0.25, 0.3) is 0 Å². The molecular weight excluding hydrogens is 197 g/mol. The zero-order valence-corrected chi connectivity index (χ0v) is 9.39. The van der Waals surface area contributed by atoms with Gasteiger partial charge in [0.25, 0.3) is 0 Å². The van der Waals surface area contributed by atoms with Crippen molar-refractivity contribution in [2.75, 3.05) is 7.11 Å². The summed E-state index contributed by atoms with van der Waals surface area (Å²) < 4.78 is 18.7. The van der Waals surface area contributed by atoms with Gasteiger partial charge in [-0.15, -0.1) is 0 Å². The molecule has 1 aromatic rings. The Kier molecular flexibility index (Phi) is 3.19. The first kappa shape index (κ1) is 11.8. The molecule has 15 heavy (non-hydrogen) atoms. The van der Waals surface area contributed by atoms with E-state index in [0.29, 0.717) is 16.7 Å². The smallest absolute Gasteiger partial charge is 0.166 e. The molecule has 4 heteroatoms. The van der Waals surface area contributed by atoms with Crippen LogP contribution in [-0.2, 0) is 0 Å². The van der Waals surface area contributed by atoms with Crippen LogP contribution in [0.3, 0.4) is 0 Å². The Morgan fingerprint density at radius 2 is 1.87 bits per heavy atom. The molecular formula is C11H16FNO2. The SMILES string of the molecule is COc1c(C)c(F)c(C)c(C(C)N)c1O. The number of phenols is 1. The minimum absolute atomic E-state index is 0.0658. The van der Waals surface area contributed by atoms with Gasteiger partial charge in [-0.1, -0.05) is 0 Å². The molecule has 84 valence electrons. The highest BCUT2D eigenvalue weighted by Gasteiger charge is 2.21. The molecule has 0 heterocycles. The van der Waals surface area contributed by atoms with Crippen LogP contribution in [0.5, 0.6) is 11.5 Å². The number of benzene rings is 1. The van der Waals surface area contributed by atoms with Crippen molar-refractivity contribution < 1.29 is 14.2 Å². The van der Waals surface area contributed by atoms with Crippen molar-refractivity contribution >= 4 is 0 Å². The van der Waals surface area contributed by atoms with E-state index in [4.69, 9.17) is 10.5 Å². The van der Waals surface area contributed by atoms with Gasteiger partial charge in [0.2, 0.25) is 0 Å². The van der Waals surface area contributed by atoms with Crippen LogP contribution in [0.4, 0.5) is 4.39 Å². The second-order valence-electron chi connectivity index (χ2n) is 3.65. The summed E-state index contributed by atoms with van der Waals surface area (Å²) in [7, 11) is 1.39. The monoisotopic (exact) mass is 213 g/mol. The summed E-state index contributed by atoms with van der Waals surface area (Å²) in [6.07, 6.45) is 0. The molecule has 0 aliphatic rings. The molecule has 0 amide bonds. The lowest BCUT2D eigenvalue weighted by Crippen LogP contribution is -2.10. The Morgan fingerprint density at radius 3 is 2.27 bits per heavy atom. The topological polar surface area (TPSA) is 55.5 Å². The Morgan fingerprint density at radius 1 is 1.33 bits per heavy atom. The predicted octanol–water partition coefficient (Wildman–Crippen LogP) is 2.18. The number of hydrogen-bond acceptors (Lipinski definition) is 3. The van der Waals surface area contributed by atoms with Crippen LogP contribution in [0.1, 0.15) is 29.7 Å². The first-order valence-corrected chi connectivity index (χ1v) is 4.72. The number of hydrogen-bond donors (Lipinski definition) is 2. The maximum atomic E-state index is 13.7. The van der Waals surface area contributed by atoms with Gasteiger partial charge < -0.3 is 15.6 Å². The van der Waals surface area contributed by atoms with Crippen LogP contribution >= 0.6 is 0 Å². The predicted molar refractivity (Wildman–Crippen MR) is 56.7 cm³/mol. The van der Waals surface area contributed by atoms with Gasteiger partial charge >= 0.3 is 0 Å². The summed E-state index contributed by atoms with van der Waals surface area (Å²) in [5.41, 5.74) is 6.75. The largest absolute Gasteiger partial charge is 0.504 e. The van der Waals surface area contributed by atoms with Crippen LogP contribution < -0.4 is 10.5 Å². The van der Waals surface area contributed by atoms with Crippen molar-refractivity contribution in [1.29, 1.82) is 0 Å². The molecule has 1 unspecified atom stereocenters. The van der Waals surface area contributed by atoms with Crippen molar-refractivity contribution in [1.82, 2.24) is 0 Å². The summed E-state index contributed by atoms with van der Waals surface area (Å²) >= 11 is 0. The van der Waals surface area contributed by atoms with Crippen molar-refractivity contribution in [2.24, 2.45) is 5.73 Å². The summed E-state index contributed by atoms with van der Waals surface area (Å²) in [6, 6.07) is -0.436. The minimum Gasteiger partial charge on any atom is -0.504 e. The van der Waals surface area contributed by atoms with Gasteiger partial charge in [0.1, 0.15) is 5.82 Å². The van der Waals surface area contributed by atoms with Gasteiger partial charge in [0, 0.05) is 17.2 Å². The molecule has 3 nitrogen and oxygen atoms in total. The third-order valence-electron chi connectivity index (χ3n) is 2.53. The lowest BCUT2D eigenvalue weighted by atomic mass is 9.97. The average molecular weight is 213 g/mol. The molecule has 1 atom stereocenters. The zero-order valence-electron chi connectivity index (χ0n) is 9.39. The molecule has 1 rings (SSSR count). The van der Waals surface area contributed by atoms with E-state index in [1.54, 1.807) is 20.8 Å². The second-order valence-corrected chi connectivity index (χ2v) is 3.65. The molecule has 0 spiro atoms. The van der Waals surface area contributed by atoms with E-state index >= 15 is 0 Å². The van der Waals surface area contributed by atoms with Gasteiger partial charge in [-0.05, 0) is 26.3 Å². The van der Waals surface area contributed by atoms with E-state index in [1.807, 2.05) is 0 Å². The molecule has 0 aliphatic carbocycles. The maximum absolute atomic E-state index is 13.7. The van der Waals surface area contributed by atoms with E-state index in [-0.39, 0.29) is 17.3 Å². The second kappa shape index (κ2) is 4.06. The molecule has 0 aromatic heterocycles. The van der Waals surface area contributed by atoms with Crippen LogP contribution in [-0.4, -0.2) is 12.2 Å². The number of rotatable bonds is 2. The molecule has 0 saturated carbocycles. The quantitative estimate of drug-likeness (QED) is 0.791. The zero-order chi connectivity index (χ0) is 11.7. The van der Waals surface area contributed by atoms with Crippen LogP contribution in [0.15, 0.2) is 0 Å². The van der Waals surface area contributed by atoms with E-state index < -0.39 is 6.04 Å². The van der Waals surface area contributed by atoms with Crippen molar-refractivity contribution in [3.05, 3.63) is 22.5 Å². The molecule has 0 saturated heterocycles. The first-order chi connectivity index (χ1) is 6.91. The van der Waals surface area contributed by atoms with Crippen LogP contribution in [0, 0.1) is 19.7 Å². The number of nitrogens with two attached hydrogens (primary N) is 1. The maximum Gasteiger partial charge on any atom is 0.166 e. The van der Waals surface area contributed by atoms with Gasteiger partial charge in [0.05, 0.1) is 7.11 Å².